The van der Waals surface area contributed by atoms with Crippen LogP contribution in [-0.4, -0.2) is 28.4 Å². The fourth-order valence-corrected chi connectivity index (χ4v) is 2.23. The third-order valence-corrected chi connectivity index (χ3v) is 3.36. The number of benzene rings is 1. The SMILES string of the molecule is C=CCOC(=O)Nc1nc2cc(SCC=C)ccc2[nH]1. The second-order valence-electron chi connectivity index (χ2n) is 3.88. The number of hydrogen-bond acceptors (Lipinski definition) is 4. The zero-order chi connectivity index (χ0) is 14.4. The number of thioether (sulfide) groups is 1. The van der Waals surface area contributed by atoms with Gasteiger partial charge >= 0.3 is 6.09 Å². The summed E-state index contributed by atoms with van der Waals surface area (Å²) in [7, 11) is 0. The number of carbonyl (C=O) groups is 1. The van der Waals surface area contributed by atoms with Crippen molar-refractivity contribution in [2.45, 2.75) is 4.90 Å². The minimum Gasteiger partial charge on any atom is -0.445 e. The Bertz CT molecular complexity index is 636. The monoisotopic (exact) mass is 289 g/mol. The van der Waals surface area contributed by atoms with E-state index in [1.165, 1.54) is 6.08 Å². The molecule has 20 heavy (non-hydrogen) atoms. The number of ether oxygens (including phenoxy) is 1. The van der Waals surface area contributed by atoms with Gasteiger partial charge in [0.25, 0.3) is 0 Å². The molecule has 0 spiro atoms. The van der Waals surface area contributed by atoms with Crippen LogP contribution >= 0.6 is 11.8 Å². The molecule has 0 aliphatic rings. The first-order valence-electron chi connectivity index (χ1n) is 6.01. The van der Waals surface area contributed by atoms with Crippen LogP contribution in [0.2, 0.25) is 0 Å². The Hall–Kier alpha value is -2.21. The Morgan fingerprint density at radius 3 is 3.05 bits per heavy atom. The van der Waals surface area contributed by atoms with Gasteiger partial charge in [0.2, 0.25) is 5.95 Å². The molecule has 0 saturated heterocycles. The maximum atomic E-state index is 11.4. The van der Waals surface area contributed by atoms with E-state index in [0.29, 0.717) is 5.95 Å². The first-order valence-corrected chi connectivity index (χ1v) is 6.99. The van der Waals surface area contributed by atoms with Crippen molar-refractivity contribution in [3.05, 3.63) is 43.5 Å². The summed E-state index contributed by atoms with van der Waals surface area (Å²) in [4.78, 5) is 19.8. The minimum atomic E-state index is -0.565. The Labute approximate surface area is 121 Å². The molecule has 1 aromatic carbocycles. The number of aromatic nitrogens is 2. The lowest BCUT2D eigenvalue weighted by atomic mass is 10.3. The molecule has 104 valence electrons. The van der Waals surface area contributed by atoms with Crippen LogP contribution in [0.25, 0.3) is 11.0 Å². The Morgan fingerprint density at radius 1 is 1.45 bits per heavy atom. The van der Waals surface area contributed by atoms with E-state index in [4.69, 9.17) is 4.74 Å². The molecule has 2 N–H and O–H groups in total. The van der Waals surface area contributed by atoms with Crippen LogP contribution in [0.1, 0.15) is 0 Å². The van der Waals surface area contributed by atoms with Crippen LogP contribution in [0.3, 0.4) is 0 Å². The number of aromatic amines is 1. The summed E-state index contributed by atoms with van der Waals surface area (Å²) in [5.41, 5.74) is 1.64. The van der Waals surface area contributed by atoms with Gasteiger partial charge in [0.1, 0.15) is 6.61 Å². The molecular weight excluding hydrogens is 274 g/mol. The highest BCUT2D eigenvalue weighted by Gasteiger charge is 2.07. The lowest BCUT2D eigenvalue weighted by molar-refractivity contribution is 0.174. The van der Waals surface area contributed by atoms with E-state index in [2.05, 4.69) is 28.4 Å². The van der Waals surface area contributed by atoms with Gasteiger partial charge < -0.3 is 9.72 Å². The minimum absolute atomic E-state index is 0.161. The maximum absolute atomic E-state index is 11.4. The van der Waals surface area contributed by atoms with Gasteiger partial charge in [0.05, 0.1) is 11.0 Å². The summed E-state index contributed by atoms with van der Waals surface area (Å²) in [6.07, 6.45) is 2.79. The molecule has 0 unspecified atom stereocenters. The van der Waals surface area contributed by atoms with Gasteiger partial charge in [-0.25, -0.2) is 9.78 Å². The van der Waals surface area contributed by atoms with Crippen molar-refractivity contribution in [3.8, 4) is 0 Å². The predicted molar refractivity (Wildman–Crippen MR) is 82.2 cm³/mol. The van der Waals surface area contributed by atoms with Gasteiger partial charge in [-0.2, -0.15) is 0 Å². The number of H-pyrrole nitrogens is 1. The molecule has 0 saturated carbocycles. The summed E-state index contributed by atoms with van der Waals surface area (Å²) in [6, 6.07) is 5.88. The summed E-state index contributed by atoms with van der Waals surface area (Å²) in [6.45, 7) is 7.32. The van der Waals surface area contributed by atoms with Crippen LogP contribution < -0.4 is 5.32 Å². The second kappa shape index (κ2) is 6.81. The van der Waals surface area contributed by atoms with Crippen LogP contribution in [0.4, 0.5) is 10.7 Å². The standard InChI is InChI=1S/C14H15N3O2S/c1-3-7-19-14(18)17-13-15-11-6-5-10(20-8-4-2)9-12(11)16-13/h3-6,9H,1-2,7-8H2,(H2,15,16,17,18). The fraction of sp³-hybridized carbons (Fsp3) is 0.143. The first kappa shape index (κ1) is 14.2. The van der Waals surface area contributed by atoms with E-state index in [1.807, 2.05) is 24.3 Å². The van der Waals surface area contributed by atoms with Gasteiger partial charge in [0.15, 0.2) is 0 Å². The molecule has 2 aromatic rings. The van der Waals surface area contributed by atoms with Crippen molar-refractivity contribution in [1.82, 2.24) is 9.97 Å². The molecule has 1 heterocycles. The Kier molecular flexibility index (Phi) is 4.84. The molecule has 0 aliphatic carbocycles. The van der Waals surface area contributed by atoms with Crippen molar-refractivity contribution in [3.63, 3.8) is 0 Å². The molecule has 0 atom stereocenters. The lowest BCUT2D eigenvalue weighted by Gasteiger charge is -2.00. The molecular formula is C14H15N3O2S. The van der Waals surface area contributed by atoms with Gasteiger partial charge in [-0.15, -0.1) is 18.3 Å². The summed E-state index contributed by atoms with van der Waals surface area (Å²) in [5, 5.41) is 2.53. The maximum Gasteiger partial charge on any atom is 0.414 e. The molecule has 6 heteroatoms. The summed E-state index contributed by atoms with van der Waals surface area (Å²) < 4.78 is 4.82. The largest absolute Gasteiger partial charge is 0.445 e. The molecule has 5 nitrogen and oxygen atoms in total. The zero-order valence-electron chi connectivity index (χ0n) is 10.9. The van der Waals surface area contributed by atoms with E-state index in [1.54, 1.807) is 11.8 Å². The zero-order valence-corrected chi connectivity index (χ0v) is 11.7. The highest BCUT2D eigenvalue weighted by Crippen LogP contribution is 2.23. The number of anilines is 1. The molecule has 1 aromatic heterocycles. The number of nitrogens with zero attached hydrogens (tertiary/aromatic N) is 1. The predicted octanol–water partition coefficient (Wildman–Crippen LogP) is 3.58. The summed E-state index contributed by atoms with van der Waals surface area (Å²) in [5.74, 6) is 1.20. The van der Waals surface area contributed by atoms with Crippen LogP contribution in [0.5, 0.6) is 0 Å². The molecule has 0 aliphatic heterocycles. The topological polar surface area (TPSA) is 67.0 Å². The molecule has 0 radical (unpaired) electrons. The molecule has 0 fully saturated rings. The van der Waals surface area contributed by atoms with Crippen molar-refractivity contribution >= 4 is 34.8 Å². The quantitative estimate of drug-likeness (QED) is 0.630. The van der Waals surface area contributed by atoms with Gasteiger partial charge in [0, 0.05) is 10.6 Å². The Balaban J connectivity index is 2.10. The highest BCUT2D eigenvalue weighted by atomic mass is 32.2. The number of amides is 1. The van der Waals surface area contributed by atoms with Gasteiger partial charge in [-0.1, -0.05) is 18.7 Å². The van der Waals surface area contributed by atoms with E-state index >= 15 is 0 Å². The third kappa shape index (κ3) is 3.64. The van der Waals surface area contributed by atoms with Crippen molar-refractivity contribution in [1.29, 1.82) is 0 Å². The molecule has 1 amide bonds. The van der Waals surface area contributed by atoms with Crippen molar-refractivity contribution in [2.24, 2.45) is 0 Å². The van der Waals surface area contributed by atoms with E-state index in [-0.39, 0.29) is 6.61 Å². The summed E-state index contributed by atoms with van der Waals surface area (Å²) >= 11 is 1.67. The number of hydrogen-bond donors (Lipinski definition) is 2. The highest BCUT2D eigenvalue weighted by molar-refractivity contribution is 7.99. The van der Waals surface area contributed by atoms with Gasteiger partial charge in [-0.05, 0) is 18.2 Å². The lowest BCUT2D eigenvalue weighted by Crippen LogP contribution is -2.14. The Morgan fingerprint density at radius 2 is 2.30 bits per heavy atom. The van der Waals surface area contributed by atoms with Crippen molar-refractivity contribution < 1.29 is 9.53 Å². The number of nitrogens with one attached hydrogen (secondary N) is 2. The first-order chi connectivity index (χ1) is 9.72. The number of rotatable bonds is 6. The fourth-order valence-electron chi connectivity index (χ4n) is 1.56. The van der Waals surface area contributed by atoms with Crippen LogP contribution in [0.15, 0.2) is 48.4 Å². The van der Waals surface area contributed by atoms with E-state index in [0.717, 1.165) is 21.7 Å². The van der Waals surface area contributed by atoms with E-state index in [9.17, 15) is 4.79 Å². The average molecular weight is 289 g/mol. The van der Waals surface area contributed by atoms with Gasteiger partial charge in [-0.3, -0.25) is 5.32 Å². The normalized spacial score (nSPS) is 10.2. The molecule has 0 bridgehead atoms. The molecule has 2 rings (SSSR count). The van der Waals surface area contributed by atoms with Crippen LogP contribution in [0, 0.1) is 0 Å². The number of carbonyl (C=O) groups excluding carboxylic acids is 1. The average Bonchev–Trinajstić information content (AvgIpc) is 2.84. The second-order valence-corrected chi connectivity index (χ2v) is 4.97. The third-order valence-electron chi connectivity index (χ3n) is 2.38. The van der Waals surface area contributed by atoms with E-state index < -0.39 is 6.09 Å². The smallest absolute Gasteiger partial charge is 0.414 e. The van der Waals surface area contributed by atoms with Crippen molar-refractivity contribution in [2.75, 3.05) is 17.7 Å². The van der Waals surface area contributed by atoms with Crippen LogP contribution in [-0.2, 0) is 4.74 Å². The number of imidazole rings is 1. The number of fused-ring (bicyclic) bond motifs is 1.